The van der Waals surface area contributed by atoms with Crippen LogP contribution in [0.15, 0.2) is 30.3 Å². The number of carbonyl (C=O) groups excluding carboxylic acids is 1. The molecule has 1 aromatic carbocycles. The van der Waals surface area contributed by atoms with Gasteiger partial charge < -0.3 is 19.7 Å². The number of likely N-dealkylation sites (tertiary alicyclic amines) is 2. The molecule has 0 bridgehead atoms. The minimum atomic E-state index is -0.432. The summed E-state index contributed by atoms with van der Waals surface area (Å²) < 4.78 is 11.5. The number of rotatable bonds is 4. The molecule has 1 N–H and O–H groups in total. The van der Waals surface area contributed by atoms with Crippen LogP contribution >= 0.6 is 0 Å². The molecule has 3 saturated heterocycles. The minimum Gasteiger partial charge on any atom is -0.347 e. The lowest BCUT2D eigenvalue weighted by Gasteiger charge is -2.38. The van der Waals surface area contributed by atoms with Crippen molar-refractivity contribution in [3.05, 3.63) is 35.9 Å². The fourth-order valence-corrected chi connectivity index (χ4v) is 4.32. The quantitative estimate of drug-likeness (QED) is 0.897. The van der Waals surface area contributed by atoms with E-state index in [-0.39, 0.29) is 12.1 Å². The van der Waals surface area contributed by atoms with E-state index in [9.17, 15) is 4.79 Å². The van der Waals surface area contributed by atoms with Crippen LogP contribution in [-0.4, -0.2) is 67.6 Å². The second kappa shape index (κ2) is 7.94. The largest absolute Gasteiger partial charge is 0.347 e. The summed E-state index contributed by atoms with van der Waals surface area (Å²) in [6.07, 6.45) is 4.00. The van der Waals surface area contributed by atoms with Crippen LogP contribution in [0.25, 0.3) is 0 Å². The molecule has 1 unspecified atom stereocenters. The van der Waals surface area contributed by atoms with Gasteiger partial charge in [0, 0.05) is 32.5 Å². The second-order valence-corrected chi connectivity index (χ2v) is 7.45. The maximum atomic E-state index is 12.7. The van der Waals surface area contributed by atoms with Gasteiger partial charge in [0.05, 0.1) is 19.3 Å². The predicted molar refractivity (Wildman–Crippen MR) is 98.8 cm³/mol. The van der Waals surface area contributed by atoms with Crippen molar-refractivity contribution in [2.24, 2.45) is 0 Å². The van der Waals surface area contributed by atoms with E-state index in [1.165, 1.54) is 18.4 Å². The van der Waals surface area contributed by atoms with Crippen molar-refractivity contribution in [1.82, 2.24) is 15.1 Å². The standard InChI is InChI=1S/C20H29N3O3/c24-19(23-12-8-20(9-13-23)25-14-15-26-20)21-16-18(22-10-4-5-11-22)17-6-2-1-3-7-17/h1-3,6-7,18H,4-5,8-16H2,(H,21,24). The van der Waals surface area contributed by atoms with E-state index in [0.717, 1.165) is 25.9 Å². The number of amides is 2. The molecule has 2 amide bonds. The van der Waals surface area contributed by atoms with Gasteiger partial charge in [-0.2, -0.15) is 0 Å². The fraction of sp³-hybridized carbons (Fsp3) is 0.650. The molecule has 3 fully saturated rings. The average Bonchev–Trinajstić information content (AvgIpc) is 3.36. The molecule has 0 aliphatic carbocycles. The van der Waals surface area contributed by atoms with Crippen LogP contribution < -0.4 is 5.32 Å². The highest BCUT2D eigenvalue weighted by atomic mass is 16.7. The van der Waals surface area contributed by atoms with Gasteiger partial charge in [-0.05, 0) is 31.5 Å². The third-order valence-corrected chi connectivity index (χ3v) is 5.84. The van der Waals surface area contributed by atoms with Gasteiger partial charge in [0.15, 0.2) is 5.79 Å². The number of hydrogen-bond donors (Lipinski definition) is 1. The molecular weight excluding hydrogens is 330 g/mol. The Bertz CT molecular complexity index is 588. The van der Waals surface area contributed by atoms with Crippen molar-refractivity contribution >= 4 is 6.03 Å². The molecular formula is C20H29N3O3. The van der Waals surface area contributed by atoms with Crippen molar-refractivity contribution in [2.45, 2.75) is 37.5 Å². The molecule has 0 radical (unpaired) electrons. The molecule has 1 aromatic rings. The lowest BCUT2D eigenvalue weighted by Crippen LogP contribution is -2.51. The van der Waals surface area contributed by atoms with Gasteiger partial charge in [-0.3, -0.25) is 4.90 Å². The van der Waals surface area contributed by atoms with E-state index in [1.54, 1.807) is 0 Å². The van der Waals surface area contributed by atoms with Gasteiger partial charge in [0.25, 0.3) is 0 Å². The predicted octanol–water partition coefficient (Wildman–Crippen LogP) is 2.37. The maximum Gasteiger partial charge on any atom is 0.317 e. The number of benzene rings is 1. The first-order valence-corrected chi connectivity index (χ1v) is 9.85. The Morgan fingerprint density at radius 1 is 1.04 bits per heavy atom. The monoisotopic (exact) mass is 359 g/mol. The van der Waals surface area contributed by atoms with Crippen molar-refractivity contribution in [3.8, 4) is 0 Å². The zero-order valence-electron chi connectivity index (χ0n) is 15.4. The van der Waals surface area contributed by atoms with E-state index in [4.69, 9.17) is 9.47 Å². The highest BCUT2D eigenvalue weighted by Gasteiger charge is 2.40. The van der Waals surface area contributed by atoms with E-state index in [0.29, 0.717) is 32.8 Å². The minimum absolute atomic E-state index is 0.0259. The van der Waals surface area contributed by atoms with Crippen LogP contribution in [0.1, 0.15) is 37.3 Å². The van der Waals surface area contributed by atoms with Crippen LogP contribution in [0.4, 0.5) is 4.79 Å². The third kappa shape index (κ3) is 3.87. The molecule has 3 heterocycles. The van der Waals surface area contributed by atoms with E-state index in [2.05, 4.69) is 34.5 Å². The first-order valence-electron chi connectivity index (χ1n) is 9.85. The van der Waals surface area contributed by atoms with E-state index >= 15 is 0 Å². The zero-order chi connectivity index (χ0) is 17.8. The molecule has 6 heteroatoms. The highest BCUT2D eigenvalue weighted by molar-refractivity contribution is 5.74. The molecule has 142 valence electrons. The van der Waals surface area contributed by atoms with Gasteiger partial charge in [-0.1, -0.05) is 30.3 Å². The Balaban J connectivity index is 1.33. The summed E-state index contributed by atoms with van der Waals surface area (Å²) in [6, 6.07) is 10.8. The van der Waals surface area contributed by atoms with Crippen LogP contribution in [0.2, 0.25) is 0 Å². The summed E-state index contributed by atoms with van der Waals surface area (Å²) in [7, 11) is 0. The van der Waals surface area contributed by atoms with Crippen LogP contribution in [0, 0.1) is 0 Å². The fourth-order valence-electron chi connectivity index (χ4n) is 4.32. The smallest absolute Gasteiger partial charge is 0.317 e. The number of ether oxygens (including phenoxy) is 2. The maximum absolute atomic E-state index is 12.7. The number of nitrogens with zero attached hydrogens (tertiary/aromatic N) is 2. The van der Waals surface area contributed by atoms with Gasteiger partial charge in [0.2, 0.25) is 0 Å². The molecule has 1 spiro atoms. The Kier molecular flexibility index (Phi) is 5.43. The summed E-state index contributed by atoms with van der Waals surface area (Å²) in [5.74, 6) is -0.432. The third-order valence-electron chi connectivity index (χ3n) is 5.84. The number of nitrogens with one attached hydrogen (secondary N) is 1. The summed E-state index contributed by atoms with van der Waals surface area (Å²) in [6.45, 7) is 5.57. The molecule has 26 heavy (non-hydrogen) atoms. The van der Waals surface area contributed by atoms with E-state index < -0.39 is 5.79 Å². The van der Waals surface area contributed by atoms with Crippen LogP contribution in [-0.2, 0) is 9.47 Å². The molecule has 1 atom stereocenters. The van der Waals surface area contributed by atoms with Gasteiger partial charge in [-0.15, -0.1) is 0 Å². The van der Waals surface area contributed by atoms with Crippen LogP contribution in [0.3, 0.4) is 0 Å². The molecule has 3 aliphatic heterocycles. The lowest BCUT2D eigenvalue weighted by molar-refractivity contribution is -0.181. The zero-order valence-corrected chi connectivity index (χ0v) is 15.4. The summed E-state index contributed by atoms with van der Waals surface area (Å²) in [5, 5.41) is 3.17. The van der Waals surface area contributed by atoms with Crippen molar-refractivity contribution in [3.63, 3.8) is 0 Å². The Morgan fingerprint density at radius 2 is 1.69 bits per heavy atom. The van der Waals surface area contributed by atoms with Crippen molar-refractivity contribution in [1.29, 1.82) is 0 Å². The first kappa shape index (κ1) is 17.8. The first-order chi connectivity index (χ1) is 12.8. The summed E-state index contributed by atoms with van der Waals surface area (Å²) >= 11 is 0. The number of hydrogen-bond acceptors (Lipinski definition) is 4. The molecule has 0 aromatic heterocycles. The van der Waals surface area contributed by atoms with Gasteiger partial charge >= 0.3 is 6.03 Å². The molecule has 4 rings (SSSR count). The van der Waals surface area contributed by atoms with Gasteiger partial charge in [-0.25, -0.2) is 4.79 Å². The molecule has 3 aliphatic rings. The van der Waals surface area contributed by atoms with Crippen LogP contribution in [0.5, 0.6) is 0 Å². The van der Waals surface area contributed by atoms with E-state index in [1.807, 2.05) is 11.0 Å². The van der Waals surface area contributed by atoms with Crippen molar-refractivity contribution in [2.75, 3.05) is 45.9 Å². The van der Waals surface area contributed by atoms with Crippen molar-refractivity contribution < 1.29 is 14.3 Å². The number of piperidine rings is 1. The molecule has 0 saturated carbocycles. The lowest BCUT2D eigenvalue weighted by atomic mass is 10.0. The SMILES string of the molecule is O=C(NCC(c1ccccc1)N1CCCC1)N1CCC2(CC1)OCCO2. The Labute approximate surface area is 155 Å². The second-order valence-electron chi connectivity index (χ2n) is 7.45. The Hall–Kier alpha value is -1.63. The summed E-state index contributed by atoms with van der Waals surface area (Å²) in [4.78, 5) is 17.0. The average molecular weight is 359 g/mol. The topological polar surface area (TPSA) is 54.0 Å². The number of urea groups is 1. The number of carbonyl (C=O) groups is 1. The Morgan fingerprint density at radius 3 is 2.35 bits per heavy atom. The summed E-state index contributed by atoms with van der Waals surface area (Å²) in [5.41, 5.74) is 1.28. The van der Waals surface area contributed by atoms with Gasteiger partial charge in [0.1, 0.15) is 0 Å². The highest BCUT2D eigenvalue weighted by Crippen LogP contribution is 2.31. The normalized spacial score (nSPS) is 24.1. The molecule has 6 nitrogen and oxygen atoms in total.